The van der Waals surface area contributed by atoms with E-state index in [4.69, 9.17) is 37.7 Å². The smallest absolute Gasteiger partial charge is 0.174 e. The van der Waals surface area contributed by atoms with Crippen LogP contribution in [0.25, 0.3) is 5.69 Å². The molecule has 0 spiro atoms. The van der Waals surface area contributed by atoms with Gasteiger partial charge in [0.1, 0.15) is 27.2 Å². The number of imidazole rings is 1. The third-order valence-electron chi connectivity index (χ3n) is 5.44. The molecule has 1 aromatic heterocycles. The molecule has 0 fully saturated rings. The molecule has 0 N–H and O–H groups in total. The van der Waals surface area contributed by atoms with Crippen LogP contribution in [0.3, 0.4) is 0 Å². The van der Waals surface area contributed by atoms with Crippen molar-refractivity contribution in [3.8, 4) is 11.4 Å². The molecule has 0 amide bonds. The lowest BCUT2D eigenvalue weighted by Crippen LogP contribution is -2.14. The molecule has 1 atom stereocenters. The molecule has 1 unspecified atom stereocenters. The first kappa shape index (κ1) is 27.9. The molecule has 192 valence electrons. The molecule has 1 heterocycles. The Kier molecular flexibility index (Phi) is 9.52. The molecule has 4 rings (SSSR count). The number of nitrogens with zero attached hydrogens (tertiary/aromatic N) is 2. The largest absolute Gasteiger partial charge is 0.495 e. The van der Waals surface area contributed by atoms with Gasteiger partial charge in [-0.3, -0.25) is 4.57 Å². The Morgan fingerprint density at radius 2 is 1.86 bits per heavy atom. The highest BCUT2D eigenvalue weighted by Crippen LogP contribution is 2.39. The van der Waals surface area contributed by atoms with Crippen LogP contribution in [0.15, 0.2) is 78.5 Å². The van der Waals surface area contributed by atoms with Gasteiger partial charge in [0.15, 0.2) is 5.16 Å². The van der Waals surface area contributed by atoms with Crippen LogP contribution in [0.4, 0.5) is 8.78 Å². The molecule has 0 saturated carbocycles. The van der Waals surface area contributed by atoms with E-state index in [1.54, 1.807) is 49.6 Å². The van der Waals surface area contributed by atoms with Crippen molar-refractivity contribution in [2.75, 3.05) is 13.7 Å². The maximum absolute atomic E-state index is 14.5. The lowest BCUT2D eigenvalue weighted by molar-refractivity contribution is 0.0988. The van der Waals surface area contributed by atoms with Crippen molar-refractivity contribution < 1.29 is 18.3 Å². The molecule has 0 saturated heterocycles. The Morgan fingerprint density at radius 3 is 2.54 bits per heavy atom. The first-order valence-electron chi connectivity index (χ1n) is 11.0. The average molecular weight is 673 g/mol. The number of hydrogen-bond acceptors (Lipinski definition) is 4. The zero-order valence-corrected chi connectivity index (χ0v) is 24.0. The summed E-state index contributed by atoms with van der Waals surface area (Å²) in [6, 6.07) is 16.0. The fourth-order valence-electron chi connectivity index (χ4n) is 3.69. The SMILES string of the molecule is C=CCOC(c1ccc(Cl)c(OC)c1)c1c(I)nc(SCc2c(F)cccc2Cl)n1-c1ccc(F)cc1. The number of methoxy groups -OCH3 is 1. The van der Waals surface area contributed by atoms with Crippen LogP contribution in [0.2, 0.25) is 10.0 Å². The fraction of sp³-hybridized carbons (Fsp3) is 0.148. The van der Waals surface area contributed by atoms with Crippen LogP contribution in [0, 0.1) is 15.3 Å². The van der Waals surface area contributed by atoms with Crippen molar-refractivity contribution in [1.29, 1.82) is 0 Å². The summed E-state index contributed by atoms with van der Waals surface area (Å²) < 4.78 is 42.5. The van der Waals surface area contributed by atoms with Gasteiger partial charge in [-0.1, -0.05) is 53.2 Å². The Bertz CT molecular complexity index is 1400. The number of halogens is 5. The number of hydrogen-bond donors (Lipinski definition) is 0. The van der Waals surface area contributed by atoms with Gasteiger partial charge in [-0.05, 0) is 76.7 Å². The number of ether oxygens (including phenoxy) is 2. The minimum absolute atomic E-state index is 0.242. The van der Waals surface area contributed by atoms with Crippen LogP contribution in [0.5, 0.6) is 5.75 Å². The second kappa shape index (κ2) is 12.6. The van der Waals surface area contributed by atoms with Gasteiger partial charge in [0.25, 0.3) is 0 Å². The van der Waals surface area contributed by atoms with Gasteiger partial charge in [-0.25, -0.2) is 13.8 Å². The summed E-state index contributed by atoms with van der Waals surface area (Å²) in [5, 5.41) is 1.37. The molecule has 4 aromatic rings. The number of thioether (sulfide) groups is 1. The molecule has 0 bridgehead atoms. The predicted octanol–water partition coefficient (Wildman–Crippen LogP) is 8.65. The van der Waals surface area contributed by atoms with Crippen LogP contribution in [0.1, 0.15) is 22.9 Å². The molecule has 37 heavy (non-hydrogen) atoms. The third-order valence-corrected chi connectivity index (χ3v) is 7.86. The second-order valence-electron chi connectivity index (χ2n) is 7.77. The van der Waals surface area contributed by atoms with Crippen molar-refractivity contribution in [2.45, 2.75) is 17.0 Å². The lowest BCUT2D eigenvalue weighted by atomic mass is 10.1. The summed E-state index contributed by atoms with van der Waals surface area (Å²) in [7, 11) is 1.54. The molecule has 0 aliphatic heterocycles. The van der Waals surface area contributed by atoms with E-state index in [2.05, 4.69) is 29.2 Å². The summed E-state index contributed by atoms with van der Waals surface area (Å²) in [5.74, 6) is -0.0192. The molecule has 3 aromatic carbocycles. The van der Waals surface area contributed by atoms with Crippen LogP contribution in [-0.2, 0) is 10.5 Å². The lowest BCUT2D eigenvalue weighted by Gasteiger charge is -2.22. The standard InChI is InChI=1S/C27H21Cl2F2IN2O2S/c1-3-13-36-25(16-7-12-21(29)23(14-16)35-2)24-26(32)33-27(34(24)18-10-8-17(30)9-11-18)37-15-19-20(28)5-4-6-22(19)31/h3-12,14,25H,1,13,15H2,2H3. The third kappa shape index (κ3) is 6.31. The Hall–Kier alpha value is -2.11. The number of rotatable bonds is 10. The Balaban J connectivity index is 1.86. The zero-order valence-electron chi connectivity index (χ0n) is 19.6. The van der Waals surface area contributed by atoms with Gasteiger partial charge in [0, 0.05) is 22.0 Å². The molecule has 0 radical (unpaired) electrons. The van der Waals surface area contributed by atoms with Crippen molar-refractivity contribution >= 4 is 57.6 Å². The van der Waals surface area contributed by atoms with Crippen LogP contribution in [-0.4, -0.2) is 23.3 Å². The highest BCUT2D eigenvalue weighted by Gasteiger charge is 2.28. The van der Waals surface area contributed by atoms with Crippen LogP contribution >= 0.6 is 57.6 Å². The summed E-state index contributed by atoms with van der Waals surface area (Å²) in [4.78, 5) is 4.79. The van der Waals surface area contributed by atoms with Crippen molar-refractivity contribution in [3.63, 3.8) is 0 Å². The van der Waals surface area contributed by atoms with E-state index >= 15 is 0 Å². The molecular formula is C27H21Cl2F2IN2O2S. The normalized spacial score (nSPS) is 11.9. The summed E-state index contributed by atoms with van der Waals surface area (Å²) >= 11 is 16.0. The maximum Gasteiger partial charge on any atom is 0.174 e. The minimum Gasteiger partial charge on any atom is -0.495 e. The van der Waals surface area contributed by atoms with Crippen LogP contribution < -0.4 is 4.74 Å². The predicted molar refractivity (Wildman–Crippen MR) is 153 cm³/mol. The van der Waals surface area contributed by atoms with E-state index < -0.39 is 11.9 Å². The molecule has 0 aliphatic rings. The minimum atomic E-state index is -0.597. The highest BCUT2D eigenvalue weighted by atomic mass is 127. The Morgan fingerprint density at radius 1 is 1.11 bits per heavy atom. The second-order valence-corrected chi connectivity index (χ2v) is 10.5. The van der Waals surface area contributed by atoms with E-state index in [-0.39, 0.29) is 18.2 Å². The maximum atomic E-state index is 14.5. The van der Waals surface area contributed by atoms with E-state index in [1.807, 2.05) is 10.6 Å². The van der Waals surface area contributed by atoms with Gasteiger partial charge in [-0.2, -0.15) is 0 Å². The van der Waals surface area contributed by atoms with E-state index in [9.17, 15) is 8.78 Å². The number of aromatic nitrogens is 2. The van der Waals surface area contributed by atoms with Gasteiger partial charge in [-0.15, -0.1) is 6.58 Å². The van der Waals surface area contributed by atoms with Gasteiger partial charge >= 0.3 is 0 Å². The highest BCUT2D eigenvalue weighted by molar-refractivity contribution is 14.1. The fourth-order valence-corrected chi connectivity index (χ4v) is 6.17. The first-order valence-corrected chi connectivity index (χ1v) is 13.8. The molecule has 10 heteroatoms. The van der Waals surface area contributed by atoms with Gasteiger partial charge < -0.3 is 9.47 Å². The van der Waals surface area contributed by atoms with Gasteiger partial charge in [0.05, 0.1) is 24.4 Å². The van der Waals surface area contributed by atoms with E-state index in [1.165, 1.54) is 30.0 Å². The summed E-state index contributed by atoms with van der Waals surface area (Å²) in [5.41, 5.74) is 2.53. The van der Waals surface area contributed by atoms with Crippen molar-refractivity contribution in [2.24, 2.45) is 0 Å². The Labute approximate surface area is 241 Å². The van der Waals surface area contributed by atoms with E-state index in [0.29, 0.717) is 41.6 Å². The van der Waals surface area contributed by atoms with Crippen molar-refractivity contribution in [1.82, 2.24) is 9.55 Å². The van der Waals surface area contributed by atoms with Gasteiger partial charge in [0.2, 0.25) is 0 Å². The monoisotopic (exact) mass is 672 g/mol. The van der Waals surface area contributed by atoms with E-state index in [0.717, 1.165) is 5.56 Å². The zero-order chi connectivity index (χ0) is 26.5. The quantitative estimate of drug-likeness (QED) is 0.0960. The van der Waals surface area contributed by atoms with Crippen molar-refractivity contribution in [3.05, 3.63) is 116 Å². The molecular weight excluding hydrogens is 652 g/mol. The summed E-state index contributed by atoms with van der Waals surface area (Å²) in [6.45, 7) is 4.03. The molecule has 4 nitrogen and oxygen atoms in total. The first-order chi connectivity index (χ1) is 17.8. The average Bonchev–Trinajstić information content (AvgIpc) is 3.21. The topological polar surface area (TPSA) is 36.3 Å². The summed E-state index contributed by atoms with van der Waals surface area (Å²) in [6.07, 6.45) is 1.06. The number of benzene rings is 3. The molecule has 0 aliphatic carbocycles.